The Labute approximate surface area is 174 Å². The number of amides is 2. The van der Waals surface area contributed by atoms with Gasteiger partial charge in [-0.3, -0.25) is 14.6 Å². The number of nitrogens with one attached hydrogen (secondary N) is 1. The van der Waals surface area contributed by atoms with Crippen LogP contribution < -0.4 is 11.1 Å². The fourth-order valence-electron chi connectivity index (χ4n) is 2.96. The van der Waals surface area contributed by atoms with E-state index in [0.29, 0.717) is 16.8 Å². The van der Waals surface area contributed by atoms with Crippen molar-refractivity contribution in [3.05, 3.63) is 95.6 Å². The van der Waals surface area contributed by atoms with Gasteiger partial charge in [-0.05, 0) is 41.5 Å². The first-order chi connectivity index (χ1) is 14.4. The summed E-state index contributed by atoms with van der Waals surface area (Å²) in [5.41, 5.74) is 8.53. The van der Waals surface area contributed by atoms with Crippen molar-refractivity contribution in [3.63, 3.8) is 0 Å². The van der Waals surface area contributed by atoms with Gasteiger partial charge in [0.05, 0.1) is 6.42 Å². The molecule has 0 bridgehead atoms. The molecule has 2 aromatic carbocycles. The summed E-state index contributed by atoms with van der Waals surface area (Å²) in [6.07, 6.45) is 3.17. The van der Waals surface area contributed by atoms with Gasteiger partial charge in [-0.2, -0.15) is 0 Å². The van der Waals surface area contributed by atoms with Crippen molar-refractivity contribution < 1.29 is 14.0 Å². The number of halogens is 1. The van der Waals surface area contributed by atoms with Crippen molar-refractivity contribution in [2.24, 2.45) is 5.73 Å². The zero-order chi connectivity index (χ0) is 21.5. The molecule has 1 heterocycles. The maximum atomic E-state index is 13.8. The third-order valence-corrected chi connectivity index (χ3v) is 4.74. The summed E-state index contributed by atoms with van der Waals surface area (Å²) < 4.78 is 13.8. The Hall–Kier alpha value is -3.58. The average molecular weight is 406 g/mol. The van der Waals surface area contributed by atoms with E-state index >= 15 is 0 Å². The molecule has 1 unspecified atom stereocenters. The molecule has 0 aliphatic heterocycles. The molecule has 6 nitrogen and oxygen atoms in total. The first-order valence-electron chi connectivity index (χ1n) is 9.48. The van der Waals surface area contributed by atoms with Gasteiger partial charge in [-0.25, -0.2) is 4.39 Å². The minimum atomic E-state index is -0.433. The summed E-state index contributed by atoms with van der Waals surface area (Å²) in [6.45, 7) is 0.274. The van der Waals surface area contributed by atoms with Crippen LogP contribution in [0.5, 0.6) is 0 Å². The summed E-state index contributed by atoms with van der Waals surface area (Å²) in [6, 6.07) is 16.1. The van der Waals surface area contributed by atoms with Crippen molar-refractivity contribution in [2.45, 2.75) is 12.5 Å². The van der Waals surface area contributed by atoms with Crippen LogP contribution >= 0.6 is 0 Å². The van der Waals surface area contributed by atoms with Gasteiger partial charge < -0.3 is 16.0 Å². The number of nitrogens with zero attached hydrogens (tertiary/aromatic N) is 2. The fraction of sp³-hybridized carbons (Fsp3) is 0.174. The van der Waals surface area contributed by atoms with E-state index < -0.39 is 11.9 Å². The Morgan fingerprint density at radius 3 is 2.40 bits per heavy atom. The molecule has 30 heavy (non-hydrogen) atoms. The van der Waals surface area contributed by atoms with Gasteiger partial charge >= 0.3 is 0 Å². The fourth-order valence-corrected chi connectivity index (χ4v) is 2.96. The maximum absolute atomic E-state index is 13.8. The maximum Gasteiger partial charge on any atom is 0.255 e. The molecule has 7 heteroatoms. The topological polar surface area (TPSA) is 88.3 Å². The first-order valence-corrected chi connectivity index (χ1v) is 9.48. The number of carbonyl (C=O) groups excluding carboxylic acids is 2. The van der Waals surface area contributed by atoms with Crippen molar-refractivity contribution in [2.75, 3.05) is 18.9 Å². The van der Waals surface area contributed by atoms with Crippen LogP contribution in [0.1, 0.15) is 27.5 Å². The number of aromatic nitrogens is 1. The van der Waals surface area contributed by atoms with Gasteiger partial charge in [0.25, 0.3) is 5.91 Å². The lowest BCUT2D eigenvalue weighted by molar-refractivity contribution is -0.129. The van der Waals surface area contributed by atoms with Crippen LogP contribution in [0.2, 0.25) is 0 Å². The summed E-state index contributed by atoms with van der Waals surface area (Å²) in [5.74, 6) is -0.855. The Bertz CT molecular complexity index is 1010. The number of hydrogen-bond donors (Lipinski definition) is 2. The number of pyridine rings is 1. The van der Waals surface area contributed by atoms with Gasteiger partial charge in [0.15, 0.2) is 0 Å². The second kappa shape index (κ2) is 9.76. The number of nitrogens with two attached hydrogens (primary N) is 1. The second-order valence-electron chi connectivity index (χ2n) is 6.96. The summed E-state index contributed by atoms with van der Waals surface area (Å²) in [5, 5.41) is 2.79. The van der Waals surface area contributed by atoms with E-state index in [1.165, 1.54) is 11.0 Å². The minimum absolute atomic E-state index is 0.0238. The molecular weight excluding hydrogens is 383 g/mol. The molecule has 3 aromatic rings. The van der Waals surface area contributed by atoms with Gasteiger partial charge in [-0.1, -0.05) is 30.3 Å². The van der Waals surface area contributed by atoms with Crippen LogP contribution in [0.4, 0.5) is 10.1 Å². The zero-order valence-corrected chi connectivity index (χ0v) is 16.6. The van der Waals surface area contributed by atoms with Gasteiger partial charge in [0.2, 0.25) is 5.91 Å². The van der Waals surface area contributed by atoms with Crippen LogP contribution in [0.25, 0.3) is 0 Å². The van der Waals surface area contributed by atoms with Crippen LogP contribution in [0, 0.1) is 5.82 Å². The molecule has 3 N–H and O–H groups in total. The van der Waals surface area contributed by atoms with Gasteiger partial charge in [-0.15, -0.1) is 0 Å². The molecule has 0 saturated heterocycles. The third-order valence-electron chi connectivity index (χ3n) is 4.74. The molecule has 1 atom stereocenters. The minimum Gasteiger partial charge on any atom is -0.344 e. The predicted octanol–water partition coefficient (Wildman–Crippen LogP) is 3.17. The van der Waals surface area contributed by atoms with Crippen LogP contribution in [-0.2, 0) is 11.2 Å². The number of benzene rings is 2. The molecular formula is C23H23FN4O2. The SMILES string of the molecule is CN(CC(N)c1ccc(C(=O)Nc2ccncc2)cc1)C(=O)Cc1ccccc1F. The summed E-state index contributed by atoms with van der Waals surface area (Å²) in [4.78, 5) is 30.1. The van der Waals surface area contributed by atoms with Crippen molar-refractivity contribution in [1.82, 2.24) is 9.88 Å². The van der Waals surface area contributed by atoms with Crippen molar-refractivity contribution >= 4 is 17.5 Å². The number of hydrogen-bond acceptors (Lipinski definition) is 4. The van der Waals surface area contributed by atoms with E-state index in [4.69, 9.17) is 5.73 Å². The lowest BCUT2D eigenvalue weighted by Crippen LogP contribution is -2.35. The molecule has 0 radical (unpaired) electrons. The Kier molecular flexibility index (Phi) is 6.87. The molecule has 0 spiro atoms. The van der Waals surface area contributed by atoms with E-state index in [9.17, 15) is 14.0 Å². The molecule has 2 amide bonds. The predicted molar refractivity (Wildman–Crippen MR) is 113 cm³/mol. The van der Waals surface area contributed by atoms with Crippen LogP contribution in [0.15, 0.2) is 73.1 Å². The van der Waals surface area contributed by atoms with E-state index in [0.717, 1.165) is 5.56 Å². The quantitative estimate of drug-likeness (QED) is 0.631. The van der Waals surface area contributed by atoms with Crippen molar-refractivity contribution in [3.8, 4) is 0 Å². The second-order valence-corrected chi connectivity index (χ2v) is 6.96. The van der Waals surface area contributed by atoms with Gasteiger partial charge in [0, 0.05) is 43.3 Å². The van der Waals surface area contributed by atoms with E-state index in [1.54, 1.807) is 74.0 Å². The number of rotatable bonds is 7. The molecule has 154 valence electrons. The number of anilines is 1. The smallest absolute Gasteiger partial charge is 0.255 e. The largest absolute Gasteiger partial charge is 0.344 e. The van der Waals surface area contributed by atoms with Crippen LogP contribution in [0.3, 0.4) is 0 Å². The van der Waals surface area contributed by atoms with Crippen molar-refractivity contribution in [1.29, 1.82) is 0 Å². The van der Waals surface area contributed by atoms with Gasteiger partial charge in [0.1, 0.15) is 5.82 Å². The average Bonchev–Trinajstić information content (AvgIpc) is 2.76. The molecule has 1 aromatic heterocycles. The molecule has 0 aliphatic carbocycles. The Balaban J connectivity index is 1.57. The molecule has 0 saturated carbocycles. The zero-order valence-electron chi connectivity index (χ0n) is 16.6. The van der Waals surface area contributed by atoms with E-state index in [2.05, 4.69) is 10.3 Å². The number of carbonyl (C=O) groups is 2. The Morgan fingerprint density at radius 2 is 1.73 bits per heavy atom. The summed E-state index contributed by atoms with van der Waals surface area (Å²) >= 11 is 0. The molecule has 0 aliphatic rings. The number of likely N-dealkylation sites (N-methyl/N-ethyl adjacent to an activating group) is 1. The highest BCUT2D eigenvalue weighted by atomic mass is 19.1. The highest BCUT2D eigenvalue weighted by Gasteiger charge is 2.16. The Morgan fingerprint density at radius 1 is 1.07 bits per heavy atom. The summed E-state index contributed by atoms with van der Waals surface area (Å²) in [7, 11) is 1.64. The van der Waals surface area contributed by atoms with E-state index in [-0.39, 0.29) is 24.8 Å². The highest BCUT2D eigenvalue weighted by Crippen LogP contribution is 2.15. The lowest BCUT2D eigenvalue weighted by Gasteiger charge is -2.22. The highest BCUT2D eigenvalue weighted by molar-refractivity contribution is 6.04. The molecule has 3 rings (SSSR count). The standard InChI is InChI=1S/C23H23FN4O2/c1-28(22(29)14-18-4-2-3-5-20(18)24)15-21(25)16-6-8-17(9-7-16)23(30)27-19-10-12-26-13-11-19/h2-13,21H,14-15,25H2,1H3,(H,26,27,30). The molecule has 0 fully saturated rings. The lowest BCUT2D eigenvalue weighted by atomic mass is 10.0. The first kappa shape index (κ1) is 21.1. The van der Waals surface area contributed by atoms with E-state index in [1.807, 2.05) is 0 Å². The monoisotopic (exact) mass is 406 g/mol. The normalized spacial score (nSPS) is 11.6. The third kappa shape index (κ3) is 5.48. The van der Waals surface area contributed by atoms with Crippen LogP contribution in [-0.4, -0.2) is 35.3 Å².